The number of furan rings is 1. The van der Waals surface area contributed by atoms with Crippen LogP contribution in [0, 0.1) is 0 Å². The molecular weight excluding hydrogens is 434 g/mol. The first-order chi connectivity index (χ1) is 12.9. The summed E-state index contributed by atoms with van der Waals surface area (Å²) in [7, 11) is 1.72. The van der Waals surface area contributed by atoms with Crippen LogP contribution in [-0.2, 0) is 4.79 Å². The SMILES string of the molecule is CC1Oc2ccc(-c3csc(NC(=O)c4ccc(Br)o4)n3)cc2N(C)C1=O. The van der Waals surface area contributed by atoms with E-state index < -0.39 is 6.10 Å². The van der Waals surface area contributed by atoms with Crippen LogP contribution in [0.3, 0.4) is 0 Å². The molecule has 3 heterocycles. The number of halogens is 1. The number of likely N-dealkylation sites (N-methyl/N-ethyl adjacent to an activating group) is 1. The Morgan fingerprint density at radius 2 is 2.15 bits per heavy atom. The summed E-state index contributed by atoms with van der Waals surface area (Å²) in [6, 6.07) is 8.77. The van der Waals surface area contributed by atoms with Crippen LogP contribution in [0.2, 0.25) is 0 Å². The summed E-state index contributed by atoms with van der Waals surface area (Å²) in [6.45, 7) is 1.72. The monoisotopic (exact) mass is 447 g/mol. The van der Waals surface area contributed by atoms with Crippen LogP contribution in [0.4, 0.5) is 10.8 Å². The van der Waals surface area contributed by atoms with Crippen molar-refractivity contribution in [2.75, 3.05) is 17.3 Å². The molecular formula is C18H14BrN3O4S. The lowest BCUT2D eigenvalue weighted by atomic mass is 10.1. The van der Waals surface area contributed by atoms with Crippen LogP contribution >= 0.6 is 27.3 Å². The van der Waals surface area contributed by atoms with E-state index in [1.54, 1.807) is 31.0 Å². The van der Waals surface area contributed by atoms with Crippen molar-refractivity contribution in [3.63, 3.8) is 0 Å². The van der Waals surface area contributed by atoms with Crippen molar-refractivity contribution < 1.29 is 18.7 Å². The number of nitrogens with zero attached hydrogens (tertiary/aromatic N) is 2. The van der Waals surface area contributed by atoms with Gasteiger partial charge in [-0.05, 0) is 53.2 Å². The second-order valence-electron chi connectivity index (χ2n) is 5.94. The van der Waals surface area contributed by atoms with E-state index in [0.717, 1.165) is 5.56 Å². The van der Waals surface area contributed by atoms with Gasteiger partial charge in [0.25, 0.3) is 11.8 Å². The molecule has 2 aromatic heterocycles. The van der Waals surface area contributed by atoms with Crippen LogP contribution < -0.4 is 15.0 Å². The number of benzene rings is 1. The maximum absolute atomic E-state index is 12.2. The number of anilines is 2. The lowest BCUT2D eigenvalue weighted by molar-refractivity contribution is -0.125. The van der Waals surface area contributed by atoms with Gasteiger partial charge in [-0.3, -0.25) is 14.9 Å². The fraction of sp³-hybridized carbons (Fsp3) is 0.167. The highest BCUT2D eigenvalue weighted by atomic mass is 79.9. The molecule has 1 N–H and O–H groups in total. The van der Waals surface area contributed by atoms with Gasteiger partial charge in [0.05, 0.1) is 11.4 Å². The molecule has 3 aromatic rings. The highest BCUT2D eigenvalue weighted by molar-refractivity contribution is 9.10. The second-order valence-corrected chi connectivity index (χ2v) is 7.58. The maximum atomic E-state index is 12.2. The van der Waals surface area contributed by atoms with Crippen LogP contribution in [0.5, 0.6) is 5.75 Å². The van der Waals surface area contributed by atoms with Crippen molar-refractivity contribution in [1.29, 1.82) is 0 Å². The molecule has 2 amide bonds. The molecule has 27 heavy (non-hydrogen) atoms. The van der Waals surface area contributed by atoms with Crippen molar-refractivity contribution >= 4 is 49.9 Å². The minimum atomic E-state index is -0.504. The van der Waals surface area contributed by atoms with E-state index >= 15 is 0 Å². The van der Waals surface area contributed by atoms with Crippen LogP contribution in [0.25, 0.3) is 11.3 Å². The zero-order valence-electron chi connectivity index (χ0n) is 14.4. The van der Waals surface area contributed by atoms with Crippen LogP contribution in [0.15, 0.2) is 44.8 Å². The number of thiazole rings is 1. The Hall–Kier alpha value is -2.65. The van der Waals surface area contributed by atoms with E-state index in [0.29, 0.717) is 26.9 Å². The summed E-state index contributed by atoms with van der Waals surface area (Å²) in [5, 5.41) is 5.00. The third-order valence-corrected chi connectivity index (χ3v) is 5.30. The average molecular weight is 448 g/mol. The van der Waals surface area contributed by atoms with Gasteiger partial charge in [-0.25, -0.2) is 4.98 Å². The highest BCUT2D eigenvalue weighted by Gasteiger charge is 2.29. The molecule has 0 radical (unpaired) electrons. The number of aromatic nitrogens is 1. The van der Waals surface area contributed by atoms with Crippen molar-refractivity contribution in [1.82, 2.24) is 4.98 Å². The number of amides is 2. The summed E-state index contributed by atoms with van der Waals surface area (Å²) in [5.74, 6) is 0.370. The fourth-order valence-corrected chi connectivity index (χ4v) is 3.75. The summed E-state index contributed by atoms with van der Waals surface area (Å²) in [4.78, 5) is 30.3. The minimum absolute atomic E-state index is 0.101. The Morgan fingerprint density at radius 3 is 2.89 bits per heavy atom. The third-order valence-electron chi connectivity index (χ3n) is 4.12. The number of fused-ring (bicyclic) bond motifs is 1. The lowest BCUT2D eigenvalue weighted by Gasteiger charge is -2.30. The Morgan fingerprint density at radius 1 is 1.33 bits per heavy atom. The number of hydrogen-bond acceptors (Lipinski definition) is 6. The predicted molar refractivity (Wildman–Crippen MR) is 105 cm³/mol. The van der Waals surface area contributed by atoms with E-state index in [4.69, 9.17) is 9.15 Å². The van der Waals surface area contributed by atoms with Gasteiger partial charge < -0.3 is 14.1 Å². The normalized spacial score (nSPS) is 16.0. The third kappa shape index (κ3) is 3.35. The van der Waals surface area contributed by atoms with Gasteiger partial charge in [0.15, 0.2) is 21.7 Å². The molecule has 1 aromatic carbocycles. The first-order valence-corrected chi connectivity index (χ1v) is 9.70. The number of nitrogens with one attached hydrogen (secondary N) is 1. The number of carbonyl (C=O) groups excluding carboxylic acids is 2. The van der Waals surface area contributed by atoms with Gasteiger partial charge in [-0.2, -0.15) is 0 Å². The van der Waals surface area contributed by atoms with Crippen molar-refractivity contribution in [2.24, 2.45) is 0 Å². The van der Waals surface area contributed by atoms with Crippen molar-refractivity contribution in [3.8, 4) is 17.0 Å². The minimum Gasteiger partial charge on any atom is -0.479 e. The summed E-state index contributed by atoms with van der Waals surface area (Å²) in [6.07, 6.45) is -0.504. The molecule has 9 heteroatoms. The molecule has 0 saturated heterocycles. The number of ether oxygens (including phenoxy) is 1. The van der Waals surface area contributed by atoms with Gasteiger partial charge in [0.1, 0.15) is 5.75 Å². The Balaban J connectivity index is 1.57. The first kappa shape index (κ1) is 17.7. The molecule has 0 fully saturated rings. The van der Waals surface area contributed by atoms with Gasteiger partial charge in [0, 0.05) is 18.0 Å². The molecule has 0 saturated carbocycles. The quantitative estimate of drug-likeness (QED) is 0.651. The highest BCUT2D eigenvalue weighted by Crippen LogP contribution is 2.37. The molecule has 1 unspecified atom stereocenters. The van der Waals surface area contributed by atoms with Crippen molar-refractivity contribution in [3.05, 3.63) is 46.1 Å². The average Bonchev–Trinajstić information content (AvgIpc) is 3.29. The van der Waals surface area contributed by atoms with Gasteiger partial charge in [-0.15, -0.1) is 11.3 Å². The molecule has 1 aliphatic heterocycles. The molecule has 0 aliphatic carbocycles. The van der Waals surface area contributed by atoms with E-state index in [1.165, 1.54) is 11.3 Å². The van der Waals surface area contributed by atoms with E-state index in [1.807, 2.05) is 23.6 Å². The Kier molecular flexibility index (Phi) is 4.48. The van der Waals surface area contributed by atoms with E-state index in [9.17, 15) is 9.59 Å². The van der Waals surface area contributed by atoms with E-state index in [-0.39, 0.29) is 17.6 Å². The molecule has 1 aliphatic rings. The molecule has 0 spiro atoms. The molecule has 138 valence electrons. The zero-order chi connectivity index (χ0) is 19.1. The Bertz CT molecular complexity index is 1040. The van der Waals surface area contributed by atoms with Gasteiger partial charge >= 0.3 is 0 Å². The molecule has 7 nitrogen and oxygen atoms in total. The Labute approximate surface area is 167 Å². The summed E-state index contributed by atoms with van der Waals surface area (Å²) < 4.78 is 11.3. The number of rotatable bonds is 3. The van der Waals surface area contributed by atoms with Crippen molar-refractivity contribution in [2.45, 2.75) is 13.0 Å². The number of carbonyl (C=O) groups is 2. The van der Waals surface area contributed by atoms with Gasteiger partial charge in [-0.1, -0.05) is 0 Å². The van der Waals surface area contributed by atoms with Gasteiger partial charge in [0.2, 0.25) is 0 Å². The summed E-state index contributed by atoms with van der Waals surface area (Å²) in [5.41, 5.74) is 2.21. The largest absolute Gasteiger partial charge is 0.479 e. The molecule has 0 bridgehead atoms. The second kappa shape index (κ2) is 6.82. The van der Waals surface area contributed by atoms with Crippen LogP contribution in [-0.4, -0.2) is 29.9 Å². The lowest BCUT2D eigenvalue weighted by Crippen LogP contribution is -2.41. The smallest absolute Gasteiger partial charge is 0.293 e. The number of hydrogen-bond donors (Lipinski definition) is 1. The standard InChI is InChI=1S/C18H14BrN3O4S/c1-9-17(24)22(2)12-7-10(3-4-13(12)25-9)11-8-27-18(20-11)21-16(23)14-5-6-15(19)26-14/h3-9H,1-2H3,(H,20,21,23). The maximum Gasteiger partial charge on any atom is 0.293 e. The fourth-order valence-electron chi connectivity index (χ4n) is 2.73. The first-order valence-electron chi connectivity index (χ1n) is 8.03. The topological polar surface area (TPSA) is 84.7 Å². The zero-order valence-corrected chi connectivity index (χ0v) is 16.8. The molecule has 4 rings (SSSR count). The van der Waals surface area contributed by atoms with Crippen LogP contribution in [0.1, 0.15) is 17.5 Å². The molecule has 1 atom stereocenters. The van der Waals surface area contributed by atoms with E-state index in [2.05, 4.69) is 26.2 Å². The predicted octanol–water partition coefficient (Wildman–Crippen LogP) is 4.16. The summed E-state index contributed by atoms with van der Waals surface area (Å²) >= 11 is 4.47.